The van der Waals surface area contributed by atoms with Crippen LogP contribution >= 0.6 is 0 Å². The van der Waals surface area contributed by atoms with Crippen LogP contribution in [0.5, 0.6) is 0 Å². The number of benzene rings is 1. The Bertz CT molecular complexity index is 472. The van der Waals surface area contributed by atoms with E-state index >= 15 is 0 Å². The number of carbonyl (C=O) groups excluding carboxylic acids is 2. The minimum Gasteiger partial charge on any atom is -0.466 e. The van der Waals surface area contributed by atoms with Crippen LogP contribution in [0.15, 0.2) is 48.1 Å². The normalized spacial score (nSPS) is 11.3. The minimum absolute atomic E-state index is 0.133. The van der Waals surface area contributed by atoms with Gasteiger partial charge in [-0.05, 0) is 11.6 Å². The molecule has 0 aliphatic rings. The molecule has 0 aliphatic carbocycles. The first kappa shape index (κ1) is 13.7. The van der Waals surface area contributed by atoms with Crippen molar-refractivity contribution in [3.63, 3.8) is 0 Å². The van der Waals surface area contributed by atoms with Crippen LogP contribution in [-0.4, -0.2) is 26.2 Å². The van der Waals surface area contributed by atoms with Gasteiger partial charge in [0.25, 0.3) is 0 Å². The van der Waals surface area contributed by atoms with Crippen LogP contribution in [0.2, 0.25) is 0 Å². The summed E-state index contributed by atoms with van der Waals surface area (Å²) >= 11 is 0. The molecule has 1 aromatic rings. The zero-order chi connectivity index (χ0) is 13.4. The van der Waals surface area contributed by atoms with Crippen LogP contribution in [-0.2, 0) is 19.1 Å². The Morgan fingerprint density at radius 1 is 1.06 bits per heavy atom. The topological polar surface area (TPSA) is 52.6 Å². The van der Waals surface area contributed by atoms with Crippen LogP contribution in [0.4, 0.5) is 0 Å². The van der Waals surface area contributed by atoms with E-state index in [1.165, 1.54) is 20.3 Å². The second kappa shape index (κ2) is 7.06. The highest BCUT2D eigenvalue weighted by atomic mass is 16.5. The molecule has 4 heteroatoms. The Labute approximate surface area is 106 Å². The molecule has 0 amide bonds. The van der Waals surface area contributed by atoms with Crippen molar-refractivity contribution in [3.8, 4) is 0 Å². The van der Waals surface area contributed by atoms with Gasteiger partial charge in [0.05, 0.1) is 19.8 Å². The Hall–Kier alpha value is -2.36. The molecule has 0 N–H and O–H groups in total. The molecule has 0 saturated carbocycles. The summed E-state index contributed by atoms with van der Waals surface area (Å²) in [4.78, 5) is 22.5. The van der Waals surface area contributed by atoms with Crippen molar-refractivity contribution in [1.29, 1.82) is 0 Å². The first-order valence-electron chi connectivity index (χ1n) is 5.28. The molecule has 0 unspecified atom stereocenters. The molecular formula is C14H14O4. The Balaban J connectivity index is 2.92. The van der Waals surface area contributed by atoms with Gasteiger partial charge in [0.1, 0.15) is 0 Å². The predicted molar refractivity (Wildman–Crippen MR) is 67.6 cm³/mol. The molecule has 0 bridgehead atoms. The summed E-state index contributed by atoms with van der Waals surface area (Å²) in [7, 11) is 2.50. The van der Waals surface area contributed by atoms with Gasteiger partial charge in [0.2, 0.25) is 0 Å². The van der Waals surface area contributed by atoms with E-state index < -0.39 is 11.9 Å². The van der Waals surface area contributed by atoms with Crippen molar-refractivity contribution in [2.24, 2.45) is 0 Å². The van der Waals surface area contributed by atoms with Gasteiger partial charge in [-0.25, -0.2) is 9.59 Å². The van der Waals surface area contributed by atoms with Gasteiger partial charge in [0, 0.05) is 6.08 Å². The lowest BCUT2D eigenvalue weighted by Crippen LogP contribution is -2.06. The monoisotopic (exact) mass is 246 g/mol. The van der Waals surface area contributed by atoms with E-state index in [2.05, 4.69) is 9.47 Å². The highest BCUT2D eigenvalue weighted by Gasteiger charge is 2.08. The molecule has 18 heavy (non-hydrogen) atoms. The molecule has 0 radical (unpaired) electrons. The average molecular weight is 246 g/mol. The third-order valence-electron chi connectivity index (χ3n) is 2.15. The maximum atomic E-state index is 11.4. The number of hydrogen-bond acceptors (Lipinski definition) is 4. The van der Waals surface area contributed by atoms with Crippen molar-refractivity contribution in [2.45, 2.75) is 0 Å². The van der Waals surface area contributed by atoms with Crippen molar-refractivity contribution < 1.29 is 19.1 Å². The van der Waals surface area contributed by atoms with Gasteiger partial charge in [-0.15, -0.1) is 0 Å². The molecule has 94 valence electrons. The number of carbonyl (C=O) groups is 2. The third kappa shape index (κ3) is 4.25. The molecule has 1 rings (SSSR count). The maximum absolute atomic E-state index is 11.4. The lowest BCUT2D eigenvalue weighted by atomic mass is 10.1. The average Bonchev–Trinajstić information content (AvgIpc) is 2.43. The summed E-state index contributed by atoms with van der Waals surface area (Å²) in [6.45, 7) is 0. The fourth-order valence-electron chi connectivity index (χ4n) is 1.23. The van der Waals surface area contributed by atoms with Gasteiger partial charge in [-0.3, -0.25) is 0 Å². The molecular weight excluding hydrogens is 232 g/mol. The highest BCUT2D eigenvalue weighted by molar-refractivity contribution is 5.99. The van der Waals surface area contributed by atoms with Crippen LogP contribution < -0.4 is 0 Å². The molecule has 0 heterocycles. The fourth-order valence-corrected chi connectivity index (χ4v) is 1.23. The zero-order valence-corrected chi connectivity index (χ0v) is 10.3. The summed E-state index contributed by atoms with van der Waals surface area (Å²) in [5.74, 6) is -1.19. The lowest BCUT2D eigenvalue weighted by Gasteiger charge is -1.99. The molecule has 0 fully saturated rings. The summed E-state index contributed by atoms with van der Waals surface area (Å²) in [6.07, 6.45) is 4.31. The summed E-state index contributed by atoms with van der Waals surface area (Å²) in [5, 5.41) is 0. The first-order valence-corrected chi connectivity index (χ1v) is 5.28. The number of esters is 2. The van der Waals surface area contributed by atoms with E-state index in [1.54, 1.807) is 6.08 Å². The van der Waals surface area contributed by atoms with E-state index in [4.69, 9.17) is 0 Å². The number of ether oxygens (including phenoxy) is 2. The summed E-state index contributed by atoms with van der Waals surface area (Å²) in [6, 6.07) is 9.40. The second-order valence-corrected chi connectivity index (χ2v) is 3.36. The summed E-state index contributed by atoms with van der Waals surface area (Å²) in [5.41, 5.74) is 1.05. The fraction of sp³-hybridized carbons (Fsp3) is 0.143. The van der Waals surface area contributed by atoms with Gasteiger partial charge in [-0.1, -0.05) is 36.4 Å². The molecule has 1 aromatic carbocycles. The Morgan fingerprint density at radius 3 is 2.28 bits per heavy atom. The van der Waals surface area contributed by atoms with Crippen LogP contribution in [0.3, 0.4) is 0 Å². The van der Waals surface area contributed by atoms with Gasteiger partial charge in [0.15, 0.2) is 0 Å². The molecule has 0 saturated heterocycles. The number of rotatable bonds is 4. The van der Waals surface area contributed by atoms with Crippen LogP contribution in [0.25, 0.3) is 6.08 Å². The predicted octanol–water partition coefficient (Wildman–Crippen LogP) is 1.97. The zero-order valence-electron chi connectivity index (χ0n) is 10.3. The molecule has 4 nitrogen and oxygen atoms in total. The van der Waals surface area contributed by atoms with Crippen LogP contribution in [0.1, 0.15) is 5.56 Å². The number of methoxy groups -OCH3 is 2. The molecule has 0 aromatic heterocycles. The molecule has 0 spiro atoms. The lowest BCUT2D eigenvalue weighted by molar-refractivity contribution is -0.138. The first-order chi connectivity index (χ1) is 8.67. The second-order valence-electron chi connectivity index (χ2n) is 3.36. The largest absolute Gasteiger partial charge is 0.466 e. The standard InChI is InChI=1S/C14H14O4/c1-17-13(15)10-12(14(16)18-2)9-8-11-6-4-3-5-7-11/h3-10H,1-2H3. The van der Waals surface area contributed by atoms with E-state index in [0.717, 1.165) is 11.6 Å². The smallest absolute Gasteiger partial charge is 0.338 e. The Kier molecular flexibility index (Phi) is 5.38. The molecule has 0 aliphatic heterocycles. The highest BCUT2D eigenvalue weighted by Crippen LogP contribution is 2.07. The maximum Gasteiger partial charge on any atom is 0.338 e. The molecule has 0 atom stereocenters. The van der Waals surface area contributed by atoms with Gasteiger partial charge >= 0.3 is 11.9 Å². The quantitative estimate of drug-likeness (QED) is 0.463. The summed E-state index contributed by atoms with van der Waals surface area (Å²) < 4.78 is 9.05. The van der Waals surface area contributed by atoms with E-state index in [-0.39, 0.29) is 5.57 Å². The van der Waals surface area contributed by atoms with Gasteiger partial charge in [-0.2, -0.15) is 0 Å². The van der Waals surface area contributed by atoms with Crippen molar-refractivity contribution in [3.05, 3.63) is 53.6 Å². The minimum atomic E-state index is -0.604. The van der Waals surface area contributed by atoms with Crippen molar-refractivity contribution >= 4 is 18.0 Å². The van der Waals surface area contributed by atoms with Crippen molar-refractivity contribution in [2.75, 3.05) is 14.2 Å². The third-order valence-corrected chi connectivity index (χ3v) is 2.15. The van der Waals surface area contributed by atoms with E-state index in [0.29, 0.717) is 0 Å². The number of hydrogen-bond donors (Lipinski definition) is 0. The van der Waals surface area contributed by atoms with E-state index in [1.807, 2.05) is 30.3 Å². The van der Waals surface area contributed by atoms with Crippen molar-refractivity contribution in [1.82, 2.24) is 0 Å². The SMILES string of the molecule is COC(=O)C=C(C=Cc1ccccc1)C(=O)OC. The van der Waals surface area contributed by atoms with Gasteiger partial charge < -0.3 is 9.47 Å². The van der Waals surface area contributed by atoms with E-state index in [9.17, 15) is 9.59 Å². The Morgan fingerprint density at radius 2 is 1.72 bits per heavy atom. The van der Waals surface area contributed by atoms with Crippen LogP contribution in [0, 0.1) is 0 Å².